The zero-order valence-electron chi connectivity index (χ0n) is 19.8. The van der Waals surface area contributed by atoms with Crippen LogP contribution in [0.1, 0.15) is 69.9 Å². The largest absolute Gasteiger partial charge is 0.343 e. The summed E-state index contributed by atoms with van der Waals surface area (Å²) >= 11 is 0. The molecule has 5 nitrogen and oxygen atoms in total. The van der Waals surface area contributed by atoms with E-state index in [9.17, 15) is 9.59 Å². The minimum Gasteiger partial charge on any atom is -0.343 e. The molecule has 2 fully saturated rings. The molecule has 0 unspecified atom stereocenters. The molecule has 1 aliphatic carbocycles. The first kappa shape index (κ1) is 22.3. The molecule has 1 spiro atoms. The van der Waals surface area contributed by atoms with Crippen LogP contribution in [0.4, 0.5) is 0 Å². The smallest absolute Gasteiger partial charge is 0.223 e. The molecule has 0 saturated carbocycles. The fourth-order valence-electron chi connectivity index (χ4n) is 5.83. The number of amides is 2. The highest BCUT2D eigenvalue weighted by atomic mass is 16.2. The van der Waals surface area contributed by atoms with Crippen molar-refractivity contribution in [2.24, 2.45) is 5.41 Å². The Labute approximate surface area is 187 Å². The summed E-state index contributed by atoms with van der Waals surface area (Å²) in [5.41, 5.74) is 2.97. The SMILES string of the molecule is CN1CCN(C(=O)C[C@@H]2CC3(CCN(C(=O)CC(C)(C)C)CC3)c3ccccc32)CC1. The lowest BCUT2D eigenvalue weighted by atomic mass is 9.73. The van der Waals surface area contributed by atoms with E-state index in [2.05, 4.69) is 66.8 Å². The average molecular weight is 426 g/mol. The van der Waals surface area contributed by atoms with Gasteiger partial charge in [0.05, 0.1) is 0 Å². The van der Waals surface area contributed by atoms with Crippen molar-refractivity contribution in [3.8, 4) is 0 Å². The van der Waals surface area contributed by atoms with E-state index in [1.54, 1.807) is 0 Å². The number of carbonyl (C=O) groups excluding carboxylic acids is 2. The average Bonchev–Trinajstić information content (AvgIpc) is 3.01. The van der Waals surface area contributed by atoms with Crippen LogP contribution in [0.25, 0.3) is 0 Å². The lowest BCUT2D eigenvalue weighted by Crippen LogP contribution is -2.47. The van der Waals surface area contributed by atoms with E-state index in [1.165, 1.54) is 11.1 Å². The van der Waals surface area contributed by atoms with Crippen LogP contribution >= 0.6 is 0 Å². The quantitative estimate of drug-likeness (QED) is 0.743. The number of benzene rings is 1. The molecule has 2 heterocycles. The van der Waals surface area contributed by atoms with Gasteiger partial charge >= 0.3 is 0 Å². The molecule has 0 N–H and O–H groups in total. The van der Waals surface area contributed by atoms with Gasteiger partial charge in [-0.15, -0.1) is 0 Å². The van der Waals surface area contributed by atoms with Crippen molar-refractivity contribution in [1.29, 1.82) is 0 Å². The van der Waals surface area contributed by atoms with Gasteiger partial charge in [0, 0.05) is 52.1 Å². The highest BCUT2D eigenvalue weighted by molar-refractivity contribution is 5.78. The molecule has 1 atom stereocenters. The molecule has 2 saturated heterocycles. The molecule has 0 bridgehead atoms. The van der Waals surface area contributed by atoms with Crippen molar-refractivity contribution in [3.05, 3.63) is 35.4 Å². The van der Waals surface area contributed by atoms with Crippen LogP contribution < -0.4 is 0 Å². The second kappa shape index (κ2) is 8.57. The zero-order valence-corrected chi connectivity index (χ0v) is 19.8. The fraction of sp³-hybridized carbons (Fsp3) is 0.692. The van der Waals surface area contributed by atoms with Crippen molar-refractivity contribution in [1.82, 2.24) is 14.7 Å². The van der Waals surface area contributed by atoms with Gasteiger partial charge in [0.15, 0.2) is 0 Å². The number of likely N-dealkylation sites (N-methyl/N-ethyl adjacent to an activating group) is 1. The molecule has 2 amide bonds. The Morgan fingerprint density at radius 3 is 2.19 bits per heavy atom. The molecule has 0 aromatic heterocycles. The molecule has 31 heavy (non-hydrogen) atoms. The third-order valence-electron chi connectivity index (χ3n) is 7.64. The fourth-order valence-corrected chi connectivity index (χ4v) is 5.83. The Balaban J connectivity index is 1.44. The third-order valence-corrected chi connectivity index (χ3v) is 7.64. The highest BCUT2D eigenvalue weighted by Gasteiger charge is 2.46. The molecule has 0 radical (unpaired) electrons. The summed E-state index contributed by atoms with van der Waals surface area (Å²) in [6.07, 6.45) is 4.30. The van der Waals surface area contributed by atoms with E-state index in [-0.39, 0.29) is 16.7 Å². The van der Waals surface area contributed by atoms with Crippen molar-refractivity contribution >= 4 is 11.8 Å². The van der Waals surface area contributed by atoms with Gasteiger partial charge < -0.3 is 14.7 Å². The first-order chi connectivity index (χ1) is 14.7. The number of fused-ring (bicyclic) bond motifs is 2. The van der Waals surface area contributed by atoms with Gasteiger partial charge in [0.25, 0.3) is 0 Å². The molecule has 3 aliphatic rings. The van der Waals surface area contributed by atoms with E-state index < -0.39 is 0 Å². The third kappa shape index (κ3) is 4.82. The Hall–Kier alpha value is -1.88. The van der Waals surface area contributed by atoms with Crippen LogP contribution in [-0.2, 0) is 15.0 Å². The summed E-state index contributed by atoms with van der Waals surface area (Å²) in [5.74, 6) is 0.901. The summed E-state index contributed by atoms with van der Waals surface area (Å²) < 4.78 is 0. The second-order valence-electron chi connectivity index (χ2n) is 11.3. The van der Waals surface area contributed by atoms with Gasteiger partial charge in [0.1, 0.15) is 0 Å². The predicted octanol–water partition coefficient (Wildman–Crippen LogP) is 3.63. The molecule has 2 aliphatic heterocycles. The van der Waals surface area contributed by atoms with Crippen molar-refractivity contribution in [2.75, 3.05) is 46.3 Å². The molecular formula is C26H39N3O2. The maximum atomic E-state index is 13.1. The van der Waals surface area contributed by atoms with Crippen LogP contribution in [0.2, 0.25) is 0 Å². The number of piperazine rings is 1. The van der Waals surface area contributed by atoms with Crippen molar-refractivity contribution in [3.63, 3.8) is 0 Å². The summed E-state index contributed by atoms with van der Waals surface area (Å²) in [6.45, 7) is 11.7. The van der Waals surface area contributed by atoms with Crippen LogP contribution in [-0.4, -0.2) is 72.8 Å². The number of likely N-dealkylation sites (tertiary alicyclic amines) is 1. The number of piperidine rings is 1. The van der Waals surface area contributed by atoms with Gasteiger partial charge in [-0.25, -0.2) is 0 Å². The predicted molar refractivity (Wildman–Crippen MR) is 124 cm³/mol. The Bertz CT molecular complexity index is 812. The van der Waals surface area contributed by atoms with Crippen molar-refractivity contribution in [2.45, 2.75) is 64.2 Å². The summed E-state index contributed by atoms with van der Waals surface area (Å²) in [7, 11) is 2.12. The minimum absolute atomic E-state index is 0.0287. The Kier molecular flexibility index (Phi) is 6.17. The second-order valence-corrected chi connectivity index (χ2v) is 11.3. The number of rotatable bonds is 3. The lowest BCUT2D eigenvalue weighted by molar-refractivity contribution is -0.134. The number of hydrogen-bond donors (Lipinski definition) is 0. The van der Waals surface area contributed by atoms with Crippen LogP contribution in [0.15, 0.2) is 24.3 Å². The molecule has 1 aromatic carbocycles. The highest BCUT2D eigenvalue weighted by Crippen LogP contribution is 2.52. The molecule has 1 aromatic rings. The minimum atomic E-state index is 0.0287. The van der Waals surface area contributed by atoms with Crippen LogP contribution in [0.3, 0.4) is 0 Å². The maximum Gasteiger partial charge on any atom is 0.223 e. The van der Waals surface area contributed by atoms with Gasteiger partial charge in [-0.05, 0) is 54.2 Å². The summed E-state index contributed by atoms with van der Waals surface area (Å²) in [4.78, 5) is 32.2. The normalized spacial score (nSPS) is 23.8. The Morgan fingerprint density at radius 2 is 1.55 bits per heavy atom. The lowest BCUT2D eigenvalue weighted by Gasteiger charge is -2.41. The monoisotopic (exact) mass is 425 g/mol. The molecule has 4 rings (SSSR count). The number of nitrogens with zero attached hydrogens (tertiary/aromatic N) is 3. The van der Waals surface area contributed by atoms with Crippen LogP contribution in [0.5, 0.6) is 0 Å². The summed E-state index contributed by atoms with van der Waals surface area (Å²) in [6, 6.07) is 8.78. The van der Waals surface area contributed by atoms with Crippen LogP contribution in [0, 0.1) is 5.41 Å². The van der Waals surface area contributed by atoms with Crippen molar-refractivity contribution < 1.29 is 9.59 Å². The topological polar surface area (TPSA) is 43.9 Å². The van der Waals surface area contributed by atoms with E-state index in [0.29, 0.717) is 24.7 Å². The van der Waals surface area contributed by atoms with Gasteiger partial charge in [-0.3, -0.25) is 9.59 Å². The van der Waals surface area contributed by atoms with E-state index in [4.69, 9.17) is 0 Å². The maximum absolute atomic E-state index is 13.1. The molecular weight excluding hydrogens is 386 g/mol. The first-order valence-corrected chi connectivity index (χ1v) is 12.0. The number of hydrogen-bond acceptors (Lipinski definition) is 3. The standard InChI is InChI=1S/C26H39N3O2/c1-25(2,3)19-24(31)28-11-9-26(10-12-28)18-20(21-7-5-6-8-22(21)26)17-23(30)29-15-13-27(4)14-16-29/h5-8,20H,9-19H2,1-4H3/t20-/m1/s1. The number of carbonyl (C=O) groups is 2. The van der Waals surface area contributed by atoms with Gasteiger partial charge in [-0.2, -0.15) is 0 Å². The van der Waals surface area contributed by atoms with Gasteiger partial charge in [0.2, 0.25) is 11.8 Å². The Morgan fingerprint density at radius 1 is 0.935 bits per heavy atom. The van der Waals surface area contributed by atoms with Gasteiger partial charge in [-0.1, -0.05) is 45.0 Å². The van der Waals surface area contributed by atoms with E-state index in [0.717, 1.165) is 58.5 Å². The van der Waals surface area contributed by atoms with E-state index in [1.807, 2.05) is 0 Å². The molecule has 5 heteroatoms. The molecule has 170 valence electrons. The zero-order chi connectivity index (χ0) is 22.2. The van der Waals surface area contributed by atoms with E-state index >= 15 is 0 Å². The summed E-state index contributed by atoms with van der Waals surface area (Å²) in [5, 5.41) is 0. The first-order valence-electron chi connectivity index (χ1n) is 12.0.